The van der Waals surface area contributed by atoms with Crippen LogP contribution in [0.15, 0.2) is 73.1 Å². The van der Waals surface area contributed by atoms with Crippen LogP contribution in [0.4, 0.5) is 10.1 Å². The molecule has 0 aliphatic heterocycles. The first-order valence-corrected chi connectivity index (χ1v) is 8.90. The Kier molecular flexibility index (Phi) is 4.76. The van der Waals surface area contributed by atoms with Crippen LogP contribution >= 0.6 is 0 Å². The molecule has 0 aliphatic carbocycles. The molecular weight excluding hydrogens is 355 g/mol. The summed E-state index contributed by atoms with van der Waals surface area (Å²) in [7, 11) is 0. The van der Waals surface area contributed by atoms with Gasteiger partial charge in [0.15, 0.2) is 0 Å². The molecule has 140 valence electrons. The molecular formula is C22H19FN4O. The molecule has 1 amide bonds. The molecule has 0 bridgehead atoms. The van der Waals surface area contributed by atoms with Gasteiger partial charge in [0.05, 0.1) is 0 Å². The molecule has 4 aromatic rings. The number of nitrogens with zero attached hydrogens (tertiary/aromatic N) is 2. The lowest BCUT2D eigenvalue weighted by Crippen LogP contribution is -2.25. The van der Waals surface area contributed by atoms with Crippen LogP contribution in [-0.2, 0) is 13.1 Å². The van der Waals surface area contributed by atoms with Crippen molar-refractivity contribution >= 4 is 22.5 Å². The predicted octanol–water partition coefficient (Wildman–Crippen LogP) is 3.74. The third-order valence-corrected chi connectivity index (χ3v) is 4.61. The summed E-state index contributed by atoms with van der Waals surface area (Å²) in [6, 6.07) is 17.4. The molecule has 0 atom stereocenters. The second kappa shape index (κ2) is 7.52. The smallest absolute Gasteiger partial charge is 0.268 e. The molecule has 2 aromatic heterocycles. The zero-order valence-corrected chi connectivity index (χ0v) is 15.1. The maximum atomic E-state index is 13.2. The van der Waals surface area contributed by atoms with Crippen LogP contribution in [0, 0.1) is 5.82 Å². The number of carbonyl (C=O) groups excluding carboxylic acids is 1. The summed E-state index contributed by atoms with van der Waals surface area (Å²) >= 11 is 0. The van der Waals surface area contributed by atoms with Crippen LogP contribution in [-0.4, -0.2) is 15.5 Å². The molecule has 2 heterocycles. The van der Waals surface area contributed by atoms with Crippen molar-refractivity contribution in [1.29, 1.82) is 0 Å². The lowest BCUT2D eigenvalue weighted by molar-refractivity contribution is 0.0942. The molecule has 2 aromatic carbocycles. The number of nitrogens with one attached hydrogen (secondary N) is 1. The summed E-state index contributed by atoms with van der Waals surface area (Å²) in [5.74, 6) is -0.474. The number of nitrogen functional groups attached to an aromatic ring is 1. The van der Waals surface area contributed by atoms with Crippen LogP contribution in [0.2, 0.25) is 0 Å². The molecule has 3 N–H and O–H groups in total. The van der Waals surface area contributed by atoms with Gasteiger partial charge in [0, 0.05) is 42.1 Å². The number of halogens is 1. The van der Waals surface area contributed by atoms with E-state index >= 15 is 0 Å². The van der Waals surface area contributed by atoms with E-state index in [1.54, 1.807) is 24.5 Å². The molecule has 0 spiro atoms. The third-order valence-electron chi connectivity index (χ3n) is 4.61. The van der Waals surface area contributed by atoms with Gasteiger partial charge in [0.2, 0.25) is 0 Å². The van der Waals surface area contributed by atoms with Gasteiger partial charge in [-0.2, -0.15) is 0 Å². The van der Waals surface area contributed by atoms with Gasteiger partial charge in [-0.1, -0.05) is 12.1 Å². The van der Waals surface area contributed by atoms with Crippen molar-refractivity contribution in [2.75, 3.05) is 5.73 Å². The quantitative estimate of drug-likeness (QED) is 0.523. The number of fused-ring (bicyclic) bond motifs is 1. The summed E-state index contributed by atoms with van der Waals surface area (Å²) in [6.45, 7) is 0.854. The van der Waals surface area contributed by atoms with Gasteiger partial charge in [-0.15, -0.1) is 0 Å². The number of amides is 1. The summed E-state index contributed by atoms with van der Waals surface area (Å²) < 4.78 is 15.2. The van der Waals surface area contributed by atoms with E-state index in [4.69, 9.17) is 5.73 Å². The SMILES string of the molecule is Nc1ccc2c(c1)cc(C(=O)NCc1ccncc1)n2Cc1ccc(F)cc1. The van der Waals surface area contributed by atoms with Gasteiger partial charge in [-0.05, 0) is 59.7 Å². The number of hydrogen-bond donors (Lipinski definition) is 2. The topological polar surface area (TPSA) is 72.9 Å². The van der Waals surface area contributed by atoms with E-state index < -0.39 is 0 Å². The summed E-state index contributed by atoms with van der Waals surface area (Å²) in [6.07, 6.45) is 3.38. The number of rotatable bonds is 5. The van der Waals surface area contributed by atoms with Gasteiger partial charge >= 0.3 is 0 Å². The fourth-order valence-corrected chi connectivity index (χ4v) is 3.19. The molecule has 0 aliphatic rings. The highest BCUT2D eigenvalue weighted by molar-refractivity contribution is 5.99. The number of carbonyl (C=O) groups is 1. The first kappa shape index (κ1) is 17.7. The number of nitrogens with two attached hydrogens (primary N) is 1. The van der Waals surface area contributed by atoms with E-state index in [0.717, 1.165) is 22.0 Å². The number of anilines is 1. The monoisotopic (exact) mass is 374 g/mol. The first-order valence-electron chi connectivity index (χ1n) is 8.90. The molecule has 0 radical (unpaired) electrons. The normalized spacial score (nSPS) is 10.9. The largest absolute Gasteiger partial charge is 0.399 e. The lowest BCUT2D eigenvalue weighted by Gasteiger charge is -2.12. The van der Waals surface area contributed by atoms with Crippen LogP contribution in [0.1, 0.15) is 21.6 Å². The van der Waals surface area contributed by atoms with E-state index in [-0.39, 0.29) is 11.7 Å². The minimum atomic E-state index is -0.288. The number of benzene rings is 2. The van der Waals surface area contributed by atoms with Gasteiger partial charge in [0.1, 0.15) is 11.5 Å². The van der Waals surface area contributed by atoms with Gasteiger partial charge in [-0.3, -0.25) is 9.78 Å². The predicted molar refractivity (Wildman–Crippen MR) is 107 cm³/mol. The molecule has 0 fully saturated rings. The summed E-state index contributed by atoms with van der Waals surface area (Å²) in [4.78, 5) is 16.9. The van der Waals surface area contributed by atoms with Gasteiger partial charge in [-0.25, -0.2) is 4.39 Å². The second-order valence-corrected chi connectivity index (χ2v) is 6.60. The molecule has 0 saturated carbocycles. The minimum absolute atomic E-state index is 0.186. The van der Waals surface area contributed by atoms with E-state index in [0.29, 0.717) is 24.5 Å². The summed E-state index contributed by atoms with van der Waals surface area (Å²) in [5.41, 5.74) is 9.83. The molecule has 28 heavy (non-hydrogen) atoms. The van der Waals surface area contributed by atoms with Crippen molar-refractivity contribution in [3.63, 3.8) is 0 Å². The second-order valence-electron chi connectivity index (χ2n) is 6.60. The Morgan fingerprint density at radius 3 is 2.50 bits per heavy atom. The Morgan fingerprint density at radius 2 is 1.75 bits per heavy atom. The van der Waals surface area contributed by atoms with E-state index in [2.05, 4.69) is 10.3 Å². The third kappa shape index (κ3) is 3.71. The van der Waals surface area contributed by atoms with Gasteiger partial charge in [0.25, 0.3) is 5.91 Å². The van der Waals surface area contributed by atoms with Crippen molar-refractivity contribution in [2.45, 2.75) is 13.1 Å². The average molecular weight is 374 g/mol. The fraction of sp³-hybridized carbons (Fsp3) is 0.0909. The van der Waals surface area contributed by atoms with Crippen LogP contribution in [0.5, 0.6) is 0 Å². The Balaban J connectivity index is 1.67. The van der Waals surface area contributed by atoms with Crippen LogP contribution < -0.4 is 11.1 Å². The Hall–Kier alpha value is -3.67. The highest BCUT2D eigenvalue weighted by atomic mass is 19.1. The molecule has 0 unspecified atom stereocenters. The Bertz CT molecular complexity index is 1120. The lowest BCUT2D eigenvalue weighted by atomic mass is 10.2. The minimum Gasteiger partial charge on any atom is -0.399 e. The Labute approximate surface area is 161 Å². The molecule has 0 saturated heterocycles. The zero-order valence-electron chi connectivity index (χ0n) is 15.1. The number of aromatic nitrogens is 2. The first-order chi connectivity index (χ1) is 13.6. The maximum Gasteiger partial charge on any atom is 0.268 e. The van der Waals surface area contributed by atoms with Crippen molar-refractivity contribution in [2.24, 2.45) is 0 Å². The van der Waals surface area contributed by atoms with Crippen LogP contribution in [0.25, 0.3) is 10.9 Å². The standard InChI is InChI=1S/C22H19FN4O/c23-18-3-1-16(2-4-18)14-27-20-6-5-19(24)11-17(20)12-21(27)22(28)26-13-15-7-9-25-10-8-15/h1-12H,13-14,24H2,(H,26,28). The number of pyridine rings is 1. The van der Waals surface area contributed by atoms with Crippen molar-refractivity contribution in [3.05, 3.63) is 95.7 Å². The zero-order chi connectivity index (χ0) is 19.5. The highest BCUT2D eigenvalue weighted by Gasteiger charge is 2.16. The fourth-order valence-electron chi connectivity index (χ4n) is 3.19. The molecule has 5 nitrogen and oxygen atoms in total. The van der Waals surface area contributed by atoms with Gasteiger partial charge < -0.3 is 15.6 Å². The van der Waals surface area contributed by atoms with Crippen molar-refractivity contribution < 1.29 is 9.18 Å². The van der Waals surface area contributed by atoms with Crippen molar-refractivity contribution in [1.82, 2.24) is 14.9 Å². The summed E-state index contributed by atoms with van der Waals surface area (Å²) in [5, 5.41) is 3.83. The number of hydrogen-bond acceptors (Lipinski definition) is 3. The Morgan fingerprint density at radius 1 is 1.00 bits per heavy atom. The average Bonchev–Trinajstić information content (AvgIpc) is 3.06. The molecule has 4 rings (SSSR count). The van der Waals surface area contributed by atoms with Crippen LogP contribution in [0.3, 0.4) is 0 Å². The van der Waals surface area contributed by atoms with E-state index in [1.807, 2.05) is 41.0 Å². The van der Waals surface area contributed by atoms with E-state index in [9.17, 15) is 9.18 Å². The van der Waals surface area contributed by atoms with Crippen molar-refractivity contribution in [3.8, 4) is 0 Å². The molecule has 6 heteroatoms. The highest BCUT2D eigenvalue weighted by Crippen LogP contribution is 2.24. The maximum absolute atomic E-state index is 13.2. The van der Waals surface area contributed by atoms with E-state index in [1.165, 1.54) is 12.1 Å².